The van der Waals surface area contributed by atoms with Crippen molar-refractivity contribution in [2.24, 2.45) is 29.6 Å². The molecule has 3 aromatic carbocycles. The van der Waals surface area contributed by atoms with Gasteiger partial charge < -0.3 is 40.3 Å². The number of esters is 2. The Balaban J connectivity index is 1.26. The van der Waals surface area contributed by atoms with E-state index in [1.807, 2.05) is 30.3 Å². The predicted octanol–water partition coefficient (Wildman–Crippen LogP) is 5.73. The van der Waals surface area contributed by atoms with Crippen LogP contribution in [0.2, 0.25) is 0 Å². The van der Waals surface area contributed by atoms with Crippen molar-refractivity contribution in [3.63, 3.8) is 0 Å². The van der Waals surface area contributed by atoms with Crippen molar-refractivity contribution in [2.75, 3.05) is 11.9 Å². The number of aromatic hydroxyl groups is 1. The third-order valence-electron chi connectivity index (χ3n) is 14.4. The first-order chi connectivity index (χ1) is 29.9. The van der Waals surface area contributed by atoms with E-state index >= 15 is 4.79 Å². The molecule has 11 nitrogen and oxygen atoms in total. The number of rotatable bonds is 5. The van der Waals surface area contributed by atoms with Gasteiger partial charge in [-0.25, -0.2) is 4.79 Å². The van der Waals surface area contributed by atoms with Crippen molar-refractivity contribution in [3.8, 4) is 23.3 Å². The SMILES string of the molecule is CC(O)CNc1cc(CO)cc(C2C#CC3CC(=O)Oc4cc(O)c(cc43)CC3OC(=O)C(=CC(O)Cc4cccc(c4)CC4C(=O)CCC5C4CC4C=CCCC4C35O)C2)c1. The maximum absolute atomic E-state index is 15.2. The van der Waals surface area contributed by atoms with Crippen molar-refractivity contribution < 1.29 is 49.4 Å². The minimum Gasteiger partial charge on any atom is -0.508 e. The summed E-state index contributed by atoms with van der Waals surface area (Å²) >= 11 is 0. The molecule has 11 heteroatoms. The molecule has 62 heavy (non-hydrogen) atoms. The lowest BCUT2D eigenvalue weighted by Gasteiger charge is -2.58. The van der Waals surface area contributed by atoms with Crippen LogP contribution < -0.4 is 10.1 Å². The Kier molecular flexibility index (Phi) is 11.6. The van der Waals surface area contributed by atoms with Crippen LogP contribution in [0, 0.1) is 41.4 Å². The normalized spacial score (nSPS) is 32.0. The number of aliphatic hydroxyl groups is 4. The van der Waals surface area contributed by atoms with Gasteiger partial charge in [0.25, 0.3) is 0 Å². The zero-order valence-corrected chi connectivity index (χ0v) is 35.0. The van der Waals surface area contributed by atoms with Gasteiger partial charge in [-0.15, -0.1) is 0 Å². The number of phenolic OH excluding ortho intramolecular Hbond substituents is 1. The number of hydrogen-bond donors (Lipinski definition) is 6. The van der Waals surface area contributed by atoms with Crippen LogP contribution in [0.15, 0.2) is 78.4 Å². The maximum atomic E-state index is 15.2. The van der Waals surface area contributed by atoms with Gasteiger partial charge in [-0.05, 0) is 121 Å². The molecule has 11 atom stereocenters. The van der Waals surface area contributed by atoms with Crippen LogP contribution in [0.25, 0.3) is 0 Å². The smallest absolute Gasteiger partial charge is 0.334 e. The molecule has 2 fully saturated rings. The summed E-state index contributed by atoms with van der Waals surface area (Å²) in [6, 6.07) is 16.5. The molecule has 324 valence electrons. The lowest BCUT2D eigenvalue weighted by atomic mass is 9.49. The Labute approximate surface area is 361 Å². The van der Waals surface area contributed by atoms with Crippen LogP contribution in [-0.2, 0) is 45.0 Å². The van der Waals surface area contributed by atoms with Crippen LogP contribution in [0.4, 0.5) is 5.69 Å². The van der Waals surface area contributed by atoms with E-state index in [2.05, 4.69) is 29.3 Å². The van der Waals surface area contributed by atoms with Gasteiger partial charge in [-0.2, -0.15) is 0 Å². The molecule has 11 unspecified atom stereocenters. The summed E-state index contributed by atoms with van der Waals surface area (Å²) in [6.07, 6.45) is 6.11. The maximum Gasteiger partial charge on any atom is 0.334 e. The predicted molar refractivity (Wildman–Crippen MR) is 230 cm³/mol. The molecule has 3 aromatic rings. The van der Waals surface area contributed by atoms with E-state index in [1.54, 1.807) is 25.1 Å². The van der Waals surface area contributed by atoms with Gasteiger partial charge in [0.05, 0.1) is 31.2 Å². The summed E-state index contributed by atoms with van der Waals surface area (Å²) in [7, 11) is 0. The van der Waals surface area contributed by atoms with E-state index in [0.717, 1.165) is 17.5 Å². The number of anilines is 1. The van der Waals surface area contributed by atoms with Gasteiger partial charge in [-0.3, -0.25) is 9.59 Å². The number of nitrogens with one attached hydrogen (secondary N) is 1. The quantitative estimate of drug-likeness (QED) is 0.0799. The number of aliphatic hydroxyl groups excluding tert-OH is 3. The molecule has 0 radical (unpaired) electrons. The first kappa shape index (κ1) is 42.1. The lowest BCUT2D eigenvalue weighted by molar-refractivity contribution is -0.221. The van der Waals surface area contributed by atoms with E-state index in [0.29, 0.717) is 53.6 Å². The van der Waals surface area contributed by atoms with Crippen molar-refractivity contribution in [3.05, 3.63) is 112 Å². The monoisotopic (exact) mass is 841 g/mol. The summed E-state index contributed by atoms with van der Waals surface area (Å²) in [5, 5.41) is 61.0. The zero-order chi connectivity index (χ0) is 43.3. The van der Waals surface area contributed by atoms with Crippen molar-refractivity contribution >= 4 is 23.4 Å². The van der Waals surface area contributed by atoms with Gasteiger partial charge in [0.1, 0.15) is 29.0 Å². The fourth-order valence-electron chi connectivity index (χ4n) is 11.5. The lowest BCUT2D eigenvalue weighted by Crippen LogP contribution is -2.65. The Morgan fingerprint density at radius 3 is 2.55 bits per heavy atom. The number of Topliss-reactive ketones (excluding diaryl/α,β-unsaturated/α-hetero) is 1. The largest absolute Gasteiger partial charge is 0.508 e. The molecule has 6 N–H and O–H groups in total. The summed E-state index contributed by atoms with van der Waals surface area (Å²) in [5.41, 5.74) is 3.13. The third-order valence-corrected chi connectivity index (χ3v) is 14.4. The van der Waals surface area contributed by atoms with E-state index in [1.165, 1.54) is 12.1 Å². The number of carbonyl (C=O) groups is 3. The molecule has 6 aliphatic rings. The van der Waals surface area contributed by atoms with Gasteiger partial charge in [0, 0.05) is 60.5 Å². The Hall–Kier alpha value is -5.25. The molecular weight excluding hydrogens is 787 g/mol. The number of allylic oxidation sites excluding steroid dienone is 2. The Morgan fingerprint density at radius 1 is 0.935 bits per heavy atom. The molecule has 3 heterocycles. The highest BCUT2D eigenvalue weighted by Gasteiger charge is 2.62. The summed E-state index contributed by atoms with van der Waals surface area (Å²) < 4.78 is 12.4. The summed E-state index contributed by atoms with van der Waals surface area (Å²) in [5.74, 6) is 2.83. The topological polar surface area (TPSA) is 183 Å². The van der Waals surface area contributed by atoms with E-state index in [9.17, 15) is 35.1 Å². The van der Waals surface area contributed by atoms with Crippen molar-refractivity contribution in [2.45, 2.75) is 113 Å². The fourth-order valence-corrected chi connectivity index (χ4v) is 11.5. The molecular formula is C51H55NO10. The molecule has 3 aliphatic carbocycles. The van der Waals surface area contributed by atoms with Crippen LogP contribution >= 0.6 is 0 Å². The van der Waals surface area contributed by atoms with Gasteiger partial charge in [0.2, 0.25) is 0 Å². The van der Waals surface area contributed by atoms with Gasteiger partial charge in [0.15, 0.2) is 0 Å². The molecule has 0 aromatic heterocycles. The number of benzene rings is 3. The highest BCUT2D eigenvalue weighted by molar-refractivity contribution is 5.89. The number of hydrogen-bond acceptors (Lipinski definition) is 11. The first-order valence-corrected chi connectivity index (χ1v) is 22.2. The number of phenols is 1. The summed E-state index contributed by atoms with van der Waals surface area (Å²) in [4.78, 5) is 42.3. The number of carbonyl (C=O) groups excluding carboxylic acids is 3. The molecule has 0 amide bonds. The standard InChI is InChI=1S/C51H55NO10/c1-28(54)26-52-38-15-31(27-53)14-35(19-38)32-9-10-33-24-49(58)61-47-25-46(57)36(22-40(33)47)23-48-51(60)43-8-3-2-7-34(43)21-41-42(45(56)12-11-44(41)51)17-30-6-4-5-29(13-30)16-39(55)20-37(18-32)50(59)62-48/h2,4-7,13-15,19-20,22,25,28,32-34,39,41-44,48,52-55,57,60H,3,8,11-12,16-18,21,23-24,26-27H2,1H3. The average molecular weight is 842 g/mol. The second-order valence-electron chi connectivity index (χ2n) is 18.5. The Bertz CT molecular complexity index is 2390. The second kappa shape index (κ2) is 17.1. The molecule has 9 rings (SSSR count). The van der Waals surface area contributed by atoms with Crippen molar-refractivity contribution in [1.29, 1.82) is 0 Å². The number of fused-ring (bicyclic) bond motifs is 9. The van der Waals surface area contributed by atoms with E-state index in [-0.39, 0.29) is 91.8 Å². The summed E-state index contributed by atoms with van der Waals surface area (Å²) in [6.45, 7) is 1.61. The molecule has 0 spiro atoms. The average Bonchev–Trinajstić information content (AvgIpc) is 3.25. The molecule has 0 saturated heterocycles. The fraction of sp³-hybridized carbons (Fsp3) is 0.471. The van der Waals surface area contributed by atoms with Gasteiger partial charge >= 0.3 is 11.9 Å². The second-order valence-corrected chi connectivity index (χ2v) is 18.5. The number of ketones is 1. The molecule has 10 bridgehead atoms. The van der Waals surface area contributed by atoms with Crippen LogP contribution in [0.3, 0.4) is 0 Å². The van der Waals surface area contributed by atoms with Crippen LogP contribution in [0.1, 0.15) is 97.1 Å². The minimum absolute atomic E-state index is 0.0386. The number of ether oxygens (including phenoxy) is 2. The highest BCUT2D eigenvalue weighted by atomic mass is 16.6. The van der Waals surface area contributed by atoms with Crippen molar-refractivity contribution in [1.82, 2.24) is 0 Å². The minimum atomic E-state index is -1.62. The van der Waals surface area contributed by atoms with Crippen LogP contribution in [-0.4, -0.2) is 73.7 Å². The highest BCUT2D eigenvalue weighted by Crippen LogP contribution is 2.58. The van der Waals surface area contributed by atoms with Gasteiger partial charge in [-0.1, -0.05) is 54.3 Å². The van der Waals surface area contributed by atoms with E-state index in [4.69, 9.17) is 9.47 Å². The molecule has 3 aliphatic heterocycles. The molecule has 2 saturated carbocycles. The van der Waals surface area contributed by atoms with E-state index < -0.39 is 53.6 Å². The third kappa shape index (κ3) is 8.22. The van der Waals surface area contributed by atoms with Crippen LogP contribution in [0.5, 0.6) is 11.5 Å². The Morgan fingerprint density at radius 2 is 1.74 bits per heavy atom. The zero-order valence-electron chi connectivity index (χ0n) is 35.0. The first-order valence-electron chi connectivity index (χ1n) is 22.2.